The van der Waals surface area contributed by atoms with E-state index in [-0.39, 0.29) is 5.91 Å². The quantitative estimate of drug-likeness (QED) is 0.812. The molecule has 1 heterocycles. The van der Waals surface area contributed by atoms with Crippen LogP contribution in [0, 0.1) is 0 Å². The topological polar surface area (TPSA) is 84.2 Å². The van der Waals surface area contributed by atoms with E-state index in [2.05, 4.69) is 10.6 Å². The molecule has 1 aromatic carbocycles. The van der Waals surface area contributed by atoms with E-state index < -0.39 is 6.03 Å². The zero-order chi connectivity index (χ0) is 13.8. The van der Waals surface area contributed by atoms with Crippen molar-refractivity contribution in [3.8, 4) is 0 Å². The molecular weight excluding hydrogens is 286 g/mol. The number of amides is 3. The predicted molar refractivity (Wildman–Crippen MR) is 76.9 cm³/mol. The number of urea groups is 1. The number of carbonyl (C=O) groups is 2. The number of thiophene rings is 1. The fraction of sp³-hybridized carbons (Fsp3) is 0. The van der Waals surface area contributed by atoms with Crippen LogP contribution in [-0.2, 0) is 0 Å². The van der Waals surface area contributed by atoms with Crippen molar-refractivity contribution in [3.05, 3.63) is 45.6 Å². The van der Waals surface area contributed by atoms with Crippen LogP contribution in [0.2, 0.25) is 4.34 Å². The van der Waals surface area contributed by atoms with E-state index in [4.69, 9.17) is 17.3 Å². The lowest BCUT2D eigenvalue weighted by Crippen LogP contribution is -2.19. The van der Waals surface area contributed by atoms with Gasteiger partial charge in [0.15, 0.2) is 0 Å². The van der Waals surface area contributed by atoms with Gasteiger partial charge in [0.25, 0.3) is 5.91 Å². The minimum Gasteiger partial charge on any atom is -0.351 e. The van der Waals surface area contributed by atoms with Gasteiger partial charge in [-0.2, -0.15) is 0 Å². The van der Waals surface area contributed by atoms with Gasteiger partial charge in [0.1, 0.15) is 0 Å². The van der Waals surface area contributed by atoms with Crippen LogP contribution >= 0.6 is 22.9 Å². The molecule has 0 aliphatic heterocycles. The second kappa shape index (κ2) is 5.73. The van der Waals surface area contributed by atoms with Gasteiger partial charge in [-0.1, -0.05) is 11.6 Å². The summed E-state index contributed by atoms with van der Waals surface area (Å²) < 4.78 is 0.561. The largest absolute Gasteiger partial charge is 0.351 e. The van der Waals surface area contributed by atoms with Crippen molar-refractivity contribution in [1.29, 1.82) is 0 Å². The van der Waals surface area contributed by atoms with E-state index in [0.717, 1.165) is 0 Å². The second-order valence-corrected chi connectivity index (χ2v) is 5.34. The highest BCUT2D eigenvalue weighted by molar-refractivity contribution is 7.18. The van der Waals surface area contributed by atoms with E-state index in [1.165, 1.54) is 11.3 Å². The highest BCUT2D eigenvalue weighted by Gasteiger charge is 2.08. The molecule has 2 aromatic rings. The number of hydrogen-bond donors (Lipinski definition) is 3. The number of carbonyl (C=O) groups excluding carboxylic acids is 2. The first-order valence-electron chi connectivity index (χ1n) is 5.28. The lowest BCUT2D eigenvalue weighted by Gasteiger charge is -2.05. The molecule has 0 spiro atoms. The summed E-state index contributed by atoms with van der Waals surface area (Å²) in [5.74, 6) is -0.229. The molecule has 0 atom stereocenters. The normalized spacial score (nSPS) is 9.95. The molecular formula is C12H10ClN3O2S. The van der Waals surface area contributed by atoms with Crippen molar-refractivity contribution in [2.45, 2.75) is 0 Å². The number of halogens is 1. The summed E-state index contributed by atoms with van der Waals surface area (Å²) in [5.41, 5.74) is 6.17. The fourth-order valence-electron chi connectivity index (χ4n) is 1.41. The van der Waals surface area contributed by atoms with Crippen molar-refractivity contribution in [2.75, 3.05) is 10.6 Å². The van der Waals surface area contributed by atoms with Crippen LogP contribution in [0.15, 0.2) is 36.4 Å². The second-order valence-electron chi connectivity index (χ2n) is 3.62. The Morgan fingerprint density at radius 3 is 2.05 bits per heavy atom. The highest BCUT2D eigenvalue weighted by Crippen LogP contribution is 2.22. The molecule has 0 saturated carbocycles. The van der Waals surface area contributed by atoms with Crippen molar-refractivity contribution < 1.29 is 9.59 Å². The van der Waals surface area contributed by atoms with Gasteiger partial charge in [-0.15, -0.1) is 11.3 Å². The summed E-state index contributed by atoms with van der Waals surface area (Å²) in [7, 11) is 0. The van der Waals surface area contributed by atoms with Gasteiger partial charge in [-0.05, 0) is 36.4 Å². The summed E-state index contributed by atoms with van der Waals surface area (Å²) >= 11 is 6.97. The molecule has 0 fully saturated rings. The van der Waals surface area contributed by atoms with Crippen LogP contribution in [0.4, 0.5) is 16.2 Å². The molecule has 5 nitrogen and oxygen atoms in total. The average molecular weight is 296 g/mol. The molecule has 7 heteroatoms. The first kappa shape index (κ1) is 13.4. The van der Waals surface area contributed by atoms with Gasteiger partial charge in [-0.3, -0.25) is 4.79 Å². The third-order valence-electron chi connectivity index (χ3n) is 2.21. The van der Waals surface area contributed by atoms with Gasteiger partial charge in [-0.25, -0.2) is 4.79 Å². The number of benzene rings is 1. The zero-order valence-corrected chi connectivity index (χ0v) is 11.2. The van der Waals surface area contributed by atoms with Gasteiger partial charge >= 0.3 is 6.03 Å². The molecule has 0 unspecified atom stereocenters. The van der Waals surface area contributed by atoms with Crippen LogP contribution in [0.5, 0.6) is 0 Å². The highest BCUT2D eigenvalue weighted by atomic mass is 35.5. The Hall–Kier alpha value is -2.05. The third kappa shape index (κ3) is 3.70. The molecule has 0 bridgehead atoms. The maximum Gasteiger partial charge on any atom is 0.316 e. The molecule has 1 aromatic heterocycles. The summed E-state index contributed by atoms with van der Waals surface area (Å²) in [6.07, 6.45) is 0. The number of nitrogens with two attached hydrogens (primary N) is 1. The average Bonchev–Trinajstić information content (AvgIpc) is 2.78. The lowest BCUT2D eigenvalue weighted by molar-refractivity contribution is 0.103. The van der Waals surface area contributed by atoms with Crippen LogP contribution in [0.25, 0.3) is 0 Å². The van der Waals surface area contributed by atoms with Crippen LogP contribution in [0.1, 0.15) is 9.67 Å². The predicted octanol–water partition coefficient (Wildman–Crippen LogP) is 3.14. The monoisotopic (exact) mass is 295 g/mol. The van der Waals surface area contributed by atoms with E-state index >= 15 is 0 Å². The molecule has 19 heavy (non-hydrogen) atoms. The number of primary amides is 1. The molecule has 98 valence electrons. The Bertz CT molecular complexity index is 610. The first-order valence-corrected chi connectivity index (χ1v) is 6.47. The van der Waals surface area contributed by atoms with E-state index in [0.29, 0.717) is 20.6 Å². The Morgan fingerprint density at radius 1 is 1.00 bits per heavy atom. The number of nitrogens with one attached hydrogen (secondary N) is 2. The standard InChI is InChI=1S/C12H10ClN3O2S/c13-10-6-5-9(19-10)11(17)15-7-1-3-8(4-2-7)16-12(14)18/h1-6H,(H,15,17)(H3,14,16,18). The van der Waals surface area contributed by atoms with Crippen molar-refractivity contribution in [2.24, 2.45) is 5.73 Å². The van der Waals surface area contributed by atoms with Gasteiger partial charge in [0.2, 0.25) is 0 Å². The molecule has 3 amide bonds. The van der Waals surface area contributed by atoms with E-state index in [1.807, 2.05) is 0 Å². The lowest BCUT2D eigenvalue weighted by atomic mass is 10.2. The molecule has 2 rings (SSSR count). The number of anilines is 2. The van der Waals surface area contributed by atoms with Crippen molar-refractivity contribution in [3.63, 3.8) is 0 Å². The van der Waals surface area contributed by atoms with Gasteiger partial charge in [0, 0.05) is 11.4 Å². The van der Waals surface area contributed by atoms with Crippen LogP contribution in [-0.4, -0.2) is 11.9 Å². The van der Waals surface area contributed by atoms with Crippen molar-refractivity contribution in [1.82, 2.24) is 0 Å². The molecule has 0 aliphatic rings. The first-order chi connectivity index (χ1) is 9.04. The number of hydrogen-bond acceptors (Lipinski definition) is 3. The SMILES string of the molecule is NC(=O)Nc1ccc(NC(=O)c2ccc(Cl)s2)cc1. The van der Waals surface area contributed by atoms with Gasteiger partial charge < -0.3 is 16.4 Å². The maximum atomic E-state index is 11.8. The van der Waals surface area contributed by atoms with Gasteiger partial charge in [0.05, 0.1) is 9.21 Å². The van der Waals surface area contributed by atoms with E-state index in [9.17, 15) is 9.59 Å². The van der Waals surface area contributed by atoms with Crippen molar-refractivity contribution >= 4 is 46.3 Å². The maximum absolute atomic E-state index is 11.8. The third-order valence-corrected chi connectivity index (χ3v) is 3.44. The Morgan fingerprint density at radius 2 is 1.58 bits per heavy atom. The molecule has 0 saturated heterocycles. The molecule has 0 aliphatic carbocycles. The summed E-state index contributed by atoms with van der Waals surface area (Å²) in [5, 5.41) is 5.15. The Kier molecular flexibility index (Phi) is 4.03. The van der Waals surface area contributed by atoms with Crippen LogP contribution < -0.4 is 16.4 Å². The minimum atomic E-state index is -0.634. The molecule has 0 radical (unpaired) electrons. The Labute approximate surface area is 118 Å². The Balaban J connectivity index is 2.03. The summed E-state index contributed by atoms with van der Waals surface area (Å²) in [6.45, 7) is 0. The smallest absolute Gasteiger partial charge is 0.316 e. The van der Waals surface area contributed by atoms with Crippen LogP contribution in [0.3, 0.4) is 0 Å². The zero-order valence-electron chi connectivity index (χ0n) is 9.64. The summed E-state index contributed by atoms with van der Waals surface area (Å²) in [6, 6.07) is 9.30. The summed E-state index contributed by atoms with van der Waals surface area (Å²) in [4.78, 5) is 23.0. The van der Waals surface area contributed by atoms with E-state index in [1.54, 1.807) is 36.4 Å². The fourth-order valence-corrected chi connectivity index (χ4v) is 2.35. The number of rotatable bonds is 3. The minimum absolute atomic E-state index is 0.229. The molecule has 4 N–H and O–H groups in total.